The molecular formula is C11H10ClFN4O. The highest BCUT2D eigenvalue weighted by molar-refractivity contribution is 6.28. The molecule has 0 bridgehead atoms. The first kappa shape index (κ1) is 12.4. The van der Waals surface area contributed by atoms with Crippen molar-refractivity contribution in [3.63, 3.8) is 0 Å². The van der Waals surface area contributed by atoms with E-state index >= 15 is 0 Å². The largest absolute Gasteiger partial charge is 0.494 e. The van der Waals surface area contributed by atoms with E-state index in [9.17, 15) is 4.39 Å². The maximum Gasteiger partial charge on any atom is 0.224 e. The van der Waals surface area contributed by atoms with Gasteiger partial charge in [0, 0.05) is 11.8 Å². The van der Waals surface area contributed by atoms with Crippen LogP contribution in [0.3, 0.4) is 0 Å². The zero-order chi connectivity index (χ0) is 13.1. The number of aromatic nitrogens is 2. The second kappa shape index (κ2) is 5.05. The summed E-state index contributed by atoms with van der Waals surface area (Å²) >= 11 is 5.66. The van der Waals surface area contributed by atoms with Gasteiger partial charge >= 0.3 is 0 Å². The number of anilines is 3. The standard InChI is InChI=1S/C11H10ClFN4O/c1-18-9-4-6(2-3-7(9)13)16-10-8(14)5-15-11(12)17-10/h2-5H,14H2,1H3,(H,15,16,17). The fourth-order valence-electron chi connectivity index (χ4n) is 1.34. The molecule has 1 heterocycles. The van der Waals surface area contributed by atoms with Crippen molar-refractivity contribution in [1.29, 1.82) is 0 Å². The molecule has 0 radical (unpaired) electrons. The van der Waals surface area contributed by atoms with Crippen LogP contribution >= 0.6 is 11.6 Å². The normalized spacial score (nSPS) is 10.2. The smallest absolute Gasteiger partial charge is 0.224 e. The Balaban J connectivity index is 2.31. The zero-order valence-electron chi connectivity index (χ0n) is 9.45. The van der Waals surface area contributed by atoms with Crippen LogP contribution in [0.5, 0.6) is 5.75 Å². The van der Waals surface area contributed by atoms with E-state index in [1.807, 2.05) is 0 Å². The van der Waals surface area contributed by atoms with Gasteiger partial charge in [0.1, 0.15) is 0 Å². The minimum Gasteiger partial charge on any atom is -0.494 e. The quantitative estimate of drug-likeness (QED) is 0.837. The molecule has 5 nitrogen and oxygen atoms in total. The molecule has 1 aromatic heterocycles. The molecule has 0 amide bonds. The number of nitrogen functional groups attached to an aromatic ring is 1. The van der Waals surface area contributed by atoms with Crippen LogP contribution < -0.4 is 15.8 Å². The Morgan fingerprint density at radius 1 is 1.44 bits per heavy atom. The van der Waals surface area contributed by atoms with Crippen molar-refractivity contribution in [2.75, 3.05) is 18.2 Å². The van der Waals surface area contributed by atoms with E-state index in [0.29, 0.717) is 17.2 Å². The molecule has 7 heteroatoms. The zero-order valence-corrected chi connectivity index (χ0v) is 10.2. The average Bonchev–Trinajstić information content (AvgIpc) is 2.36. The highest BCUT2D eigenvalue weighted by atomic mass is 35.5. The van der Waals surface area contributed by atoms with E-state index in [4.69, 9.17) is 22.1 Å². The number of nitrogens with two attached hydrogens (primary N) is 1. The third-order valence-electron chi connectivity index (χ3n) is 2.20. The van der Waals surface area contributed by atoms with Crippen molar-refractivity contribution in [2.45, 2.75) is 0 Å². The second-order valence-electron chi connectivity index (χ2n) is 3.42. The van der Waals surface area contributed by atoms with Crippen LogP contribution in [0.1, 0.15) is 0 Å². The summed E-state index contributed by atoms with van der Waals surface area (Å²) in [5, 5.41) is 2.98. The lowest BCUT2D eigenvalue weighted by Gasteiger charge is -2.09. The first-order valence-corrected chi connectivity index (χ1v) is 5.36. The van der Waals surface area contributed by atoms with Gasteiger partial charge < -0.3 is 15.8 Å². The van der Waals surface area contributed by atoms with Crippen LogP contribution in [0.25, 0.3) is 0 Å². The van der Waals surface area contributed by atoms with Crippen molar-refractivity contribution in [3.05, 3.63) is 35.5 Å². The molecule has 2 rings (SSSR count). The van der Waals surface area contributed by atoms with E-state index < -0.39 is 5.82 Å². The summed E-state index contributed by atoms with van der Waals surface area (Å²) in [6, 6.07) is 4.30. The summed E-state index contributed by atoms with van der Waals surface area (Å²) in [5.74, 6) is 0.0270. The van der Waals surface area contributed by atoms with Crippen LogP contribution in [0.15, 0.2) is 24.4 Å². The molecule has 0 aliphatic carbocycles. The average molecular weight is 269 g/mol. The summed E-state index contributed by atoms with van der Waals surface area (Å²) in [4.78, 5) is 7.66. The number of benzene rings is 1. The Bertz CT molecular complexity index is 579. The Morgan fingerprint density at radius 2 is 2.22 bits per heavy atom. The maximum atomic E-state index is 13.2. The van der Waals surface area contributed by atoms with Crippen LogP contribution in [0.2, 0.25) is 5.28 Å². The molecule has 0 saturated heterocycles. The molecule has 0 aliphatic heterocycles. The van der Waals surface area contributed by atoms with Crippen molar-refractivity contribution >= 4 is 28.8 Å². The molecule has 0 aliphatic rings. The van der Waals surface area contributed by atoms with Gasteiger partial charge in [-0.2, -0.15) is 4.98 Å². The summed E-state index contributed by atoms with van der Waals surface area (Å²) in [5.41, 5.74) is 6.60. The lowest BCUT2D eigenvalue weighted by Crippen LogP contribution is -2.01. The van der Waals surface area contributed by atoms with Gasteiger partial charge in [0.2, 0.25) is 5.28 Å². The fourth-order valence-corrected chi connectivity index (χ4v) is 1.48. The van der Waals surface area contributed by atoms with Crippen molar-refractivity contribution in [2.24, 2.45) is 0 Å². The minimum absolute atomic E-state index is 0.0702. The predicted octanol–water partition coefficient (Wildman–Crippen LogP) is 2.60. The number of methoxy groups -OCH3 is 1. The van der Waals surface area contributed by atoms with Crippen LogP contribution in [-0.4, -0.2) is 17.1 Å². The van der Waals surface area contributed by atoms with Crippen LogP contribution in [0.4, 0.5) is 21.6 Å². The minimum atomic E-state index is -0.447. The molecule has 1 aromatic carbocycles. The third-order valence-corrected chi connectivity index (χ3v) is 2.38. The van der Waals surface area contributed by atoms with Gasteiger partial charge in [-0.3, -0.25) is 0 Å². The molecule has 2 aromatic rings. The molecule has 0 saturated carbocycles. The number of nitrogens with one attached hydrogen (secondary N) is 1. The number of hydrogen-bond donors (Lipinski definition) is 2. The molecule has 0 spiro atoms. The molecule has 18 heavy (non-hydrogen) atoms. The molecule has 0 fully saturated rings. The molecule has 94 valence electrons. The van der Waals surface area contributed by atoms with E-state index in [1.54, 1.807) is 0 Å². The maximum absolute atomic E-state index is 13.2. The molecule has 3 N–H and O–H groups in total. The third kappa shape index (κ3) is 2.60. The summed E-state index contributed by atoms with van der Waals surface area (Å²) in [6.07, 6.45) is 1.39. The van der Waals surface area contributed by atoms with Crippen molar-refractivity contribution in [1.82, 2.24) is 9.97 Å². The highest BCUT2D eigenvalue weighted by Crippen LogP contribution is 2.26. The monoisotopic (exact) mass is 268 g/mol. The van der Waals surface area contributed by atoms with Gasteiger partial charge in [0.25, 0.3) is 0 Å². The summed E-state index contributed by atoms with van der Waals surface area (Å²) in [7, 11) is 1.39. The Labute approximate surface area is 108 Å². The van der Waals surface area contributed by atoms with Gasteiger partial charge in [-0.15, -0.1) is 0 Å². The Kier molecular flexibility index (Phi) is 3.47. The number of rotatable bonds is 3. The van der Waals surface area contributed by atoms with Gasteiger partial charge in [-0.05, 0) is 23.7 Å². The van der Waals surface area contributed by atoms with Gasteiger partial charge in [0.05, 0.1) is 19.0 Å². The number of hydrogen-bond acceptors (Lipinski definition) is 5. The highest BCUT2D eigenvalue weighted by Gasteiger charge is 2.07. The van der Waals surface area contributed by atoms with Crippen molar-refractivity contribution in [3.8, 4) is 5.75 Å². The fraction of sp³-hybridized carbons (Fsp3) is 0.0909. The van der Waals surface area contributed by atoms with Crippen LogP contribution in [0, 0.1) is 5.82 Å². The summed E-state index contributed by atoms with van der Waals surface area (Å²) in [6.45, 7) is 0. The predicted molar refractivity (Wildman–Crippen MR) is 67.7 cm³/mol. The number of halogens is 2. The van der Waals surface area contributed by atoms with Crippen molar-refractivity contribution < 1.29 is 9.13 Å². The first-order chi connectivity index (χ1) is 8.60. The lowest BCUT2D eigenvalue weighted by atomic mass is 10.3. The number of nitrogens with zero attached hydrogens (tertiary/aromatic N) is 2. The lowest BCUT2D eigenvalue weighted by molar-refractivity contribution is 0.387. The van der Waals surface area contributed by atoms with Crippen LogP contribution in [-0.2, 0) is 0 Å². The second-order valence-corrected chi connectivity index (χ2v) is 3.76. The Morgan fingerprint density at radius 3 is 2.94 bits per heavy atom. The van der Waals surface area contributed by atoms with Gasteiger partial charge in [-0.25, -0.2) is 9.37 Å². The molecule has 0 unspecified atom stereocenters. The topological polar surface area (TPSA) is 73.1 Å². The van der Waals surface area contributed by atoms with E-state index in [1.165, 1.54) is 31.5 Å². The van der Waals surface area contributed by atoms with Gasteiger partial charge in [-0.1, -0.05) is 0 Å². The Hall–Kier alpha value is -2.08. The van der Waals surface area contributed by atoms with Gasteiger partial charge in [0.15, 0.2) is 17.4 Å². The summed E-state index contributed by atoms with van der Waals surface area (Å²) < 4.78 is 18.1. The van der Waals surface area contributed by atoms with E-state index in [0.717, 1.165) is 0 Å². The van der Waals surface area contributed by atoms with E-state index in [2.05, 4.69) is 15.3 Å². The molecule has 0 atom stereocenters. The number of ether oxygens (including phenoxy) is 1. The first-order valence-electron chi connectivity index (χ1n) is 4.98. The van der Waals surface area contributed by atoms with E-state index in [-0.39, 0.29) is 11.0 Å². The SMILES string of the molecule is COc1cc(Nc2nc(Cl)ncc2N)ccc1F. The molecular weight excluding hydrogens is 259 g/mol.